The summed E-state index contributed by atoms with van der Waals surface area (Å²) < 4.78 is 1.47. The molecule has 0 aliphatic carbocycles. The largest absolute Gasteiger partial charge is 0.284 e. The van der Waals surface area contributed by atoms with Crippen molar-refractivity contribution in [2.75, 3.05) is 5.75 Å². The van der Waals surface area contributed by atoms with Crippen molar-refractivity contribution in [3.63, 3.8) is 0 Å². The number of aromatic nitrogens is 2. The van der Waals surface area contributed by atoms with Crippen molar-refractivity contribution in [2.24, 2.45) is 5.10 Å². The second-order valence-corrected chi connectivity index (χ2v) is 9.04. The Hall–Kier alpha value is -2.22. The highest BCUT2D eigenvalue weighted by Crippen LogP contribution is 2.33. The van der Waals surface area contributed by atoms with Crippen LogP contribution in [-0.2, 0) is 0 Å². The van der Waals surface area contributed by atoms with Crippen LogP contribution >= 0.6 is 34.4 Å². The second-order valence-electron chi connectivity index (χ2n) is 5.95. The highest BCUT2D eigenvalue weighted by atomic mass is 32.2. The summed E-state index contributed by atoms with van der Waals surface area (Å²) in [7, 11) is 0. The number of benzene rings is 1. The van der Waals surface area contributed by atoms with Crippen LogP contribution in [0.3, 0.4) is 0 Å². The number of hydrogen-bond acceptors (Lipinski definition) is 6. The molecule has 0 amide bonds. The van der Waals surface area contributed by atoms with E-state index >= 15 is 0 Å². The molecule has 4 heterocycles. The summed E-state index contributed by atoms with van der Waals surface area (Å²) in [5.41, 5.74) is 2.79. The lowest BCUT2D eigenvalue weighted by atomic mass is 10.1. The SMILES string of the molecule is Cc1ccc(C2=Nn3c(nc4scc(-c5ccccc5)c4c3=O)SC2)s1. The van der Waals surface area contributed by atoms with Gasteiger partial charge in [-0.25, -0.2) is 4.98 Å². The van der Waals surface area contributed by atoms with Crippen molar-refractivity contribution < 1.29 is 0 Å². The fourth-order valence-corrected chi connectivity index (χ4v) is 5.79. The molecule has 0 saturated heterocycles. The van der Waals surface area contributed by atoms with E-state index in [1.165, 1.54) is 20.9 Å². The Morgan fingerprint density at radius 1 is 1.12 bits per heavy atom. The van der Waals surface area contributed by atoms with E-state index in [1.54, 1.807) is 23.1 Å². The van der Waals surface area contributed by atoms with Crippen LogP contribution in [0.1, 0.15) is 9.75 Å². The maximum absolute atomic E-state index is 13.2. The molecule has 128 valence electrons. The number of thiophene rings is 2. The topological polar surface area (TPSA) is 47.2 Å². The molecule has 0 bridgehead atoms. The molecule has 26 heavy (non-hydrogen) atoms. The van der Waals surface area contributed by atoms with Gasteiger partial charge in [0.25, 0.3) is 5.56 Å². The molecule has 4 aromatic rings. The number of fused-ring (bicyclic) bond motifs is 2. The molecule has 0 saturated carbocycles. The molecule has 1 aliphatic heterocycles. The van der Waals surface area contributed by atoms with Gasteiger partial charge in [0.05, 0.1) is 16.0 Å². The lowest BCUT2D eigenvalue weighted by Crippen LogP contribution is -2.25. The first-order valence-electron chi connectivity index (χ1n) is 8.08. The molecule has 3 aromatic heterocycles. The Morgan fingerprint density at radius 2 is 1.96 bits per heavy atom. The van der Waals surface area contributed by atoms with Gasteiger partial charge in [-0.2, -0.15) is 9.78 Å². The monoisotopic (exact) mass is 395 g/mol. The molecule has 0 fully saturated rings. The first-order chi connectivity index (χ1) is 12.7. The molecule has 0 spiro atoms. The van der Waals surface area contributed by atoms with E-state index in [-0.39, 0.29) is 5.56 Å². The minimum absolute atomic E-state index is 0.0944. The van der Waals surface area contributed by atoms with Gasteiger partial charge in [0, 0.05) is 21.6 Å². The van der Waals surface area contributed by atoms with Crippen molar-refractivity contribution in [1.82, 2.24) is 9.66 Å². The van der Waals surface area contributed by atoms with Gasteiger partial charge in [0.15, 0.2) is 5.16 Å². The van der Waals surface area contributed by atoms with E-state index in [9.17, 15) is 4.79 Å². The first kappa shape index (κ1) is 16.0. The van der Waals surface area contributed by atoms with Crippen LogP contribution in [0.25, 0.3) is 21.3 Å². The molecule has 1 aliphatic rings. The van der Waals surface area contributed by atoms with Crippen LogP contribution in [0.4, 0.5) is 0 Å². The molecular weight excluding hydrogens is 382 g/mol. The summed E-state index contributed by atoms with van der Waals surface area (Å²) in [4.78, 5) is 21.0. The zero-order valence-corrected chi connectivity index (χ0v) is 16.3. The maximum Gasteiger partial charge on any atom is 0.284 e. The van der Waals surface area contributed by atoms with Crippen LogP contribution in [0.5, 0.6) is 0 Å². The Labute approximate surface area is 161 Å². The van der Waals surface area contributed by atoms with E-state index in [1.807, 2.05) is 35.7 Å². The van der Waals surface area contributed by atoms with Gasteiger partial charge < -0.3 is 0 Å². The Balaban J connectivity index is 1.73. The third-order valence-corrected chi connectivity index (χ3v) is 7.09. The summed E-state index contributed by atoms with van der Waals surface area (Å²) in [6, 6.07) is 14.1. The predicted molar refractivity (Wildman–Crippen MR) is 111 cm³/mol. The molecule has 7 heteroatoms. The van der Waals surface area contributed by atoms with Crippen molar-refractivity contribution in [1.29, 1.82) is 0 Å². The number of hydrogen-bond donors (Lipinski definition) is 0. The smallest absolute Gasteiger partial charge is 0.266 e. The summed E-state index contributed by atoms with van der Waals surface area (Å²) in [5.74, 6) is 0.731. The van der Waals surface area contributed by atoms with Gasteiger partial charge in [-0.1, -0.05) is 42.1 Å². The molecular formula is C19H13N3OS3. The third kappa shape index (κ3) is 2.55. The minimum atomic E-state index is -0.0944. The number of aryl methyl sites for hydroxylation is 1. The minimum Gasteiger partial charge on any atom is -0.266 e. The fraction of sp³-hybridized carbons (Fsp3) is 0.105. The van der Waals surface area contributed by atoms with Gasteiger partial charge in [-0.15, -0.1) is 22.7 Å². The van der Waals surface area contributed by atoms with Gasteiger partial charge in [0.2, 0.25) is 0 Å². The number of rotatable bonds is 2. The van der Waals surface area contributed by atoms with Crippen LogP contribution in [-0.4, -0.2) is 21.1 Å². The molecule has 0 unspecified atom stereocenters. The molecule has 0 radical (unpaired) electrons. The van der Waals surface area contributed by atoms with E-state index in [0.717, 1.165) is 32.3 Å². The van der Waals surface area contributed by atoms with Crippen LogP contribution < -0.4 is 5.56 Å². The van der Waals surface area contributed by atoms with E-state index in [0.29, 0.717) is 10.5 Å². The zero-order valence-electron chi connectivity index (χ0n) is 13.8. The predicted octanol–water partition coefficient (Wildman–Crippen LogP) is 4.85. The summed E-state index contributed by atoms with van der Waals surface area (Å²) in [5, 5.41) is 7.98. The number of thioether (sulfide) groups is 1. The normalized spacial score (nSPS) is 13.7. The first-order valence-corrected chi connectivity index (χ1v) is 10.8. The fourth-order valence-electron chi connectivity index (χ4n) is 2.97. The maximum atomic E-state index is 13.2. The number of nitrogens with zero attached hydrogens (tertiary/aromatic N) is 3. The van der Waals surface area contributed by atoms with Crippen molar-refractivity contribution >= 4 is 50.4 Å². The van der Waals surface area contributed by atoms with Crippen molar-refractivity contribution in [3.05, 3.63) is 68.0 Å². The van der Waals surface area contributed by atoms with Crippen LogP contribution in [0.15, 0.2) is 62.9 Å². The highest BCUT2D eigenvalue weighted by molar-refractivity contribution is 7.99. The van der Waals surface area contributed by atoms with Crippen molar-refractivity contribution in [3.8, 4) is 11.1 Å². The van der Waals surface area contributed by atoms with Gasteiger partial charge in [-0.05, 0) is 24.6 Å². The van der Waals surface area contributed by atoms with Gasteiger partial charge in [0.1, 0.15) is 4.83 Å². The molecule has 5 rings (SSSR count). The Bertz CT molecular complexity index is 1220. The zero-order chi connectivity index (χ0) is 17.7. The molecule has 1 aromatic carbocycles. The summed E-state index contributed by atoms with van der Waals surface area (Å²) >= 11 is 4.78. The summed E-state index contributed by atoms with van der Waals surface area (Å²) in [6.45, 7) is 2.08. The Morgan fingerprint density at radius 3 is 2.73 bits per heavy atom. The third-order valence-electron chi connectivity index (χ3n) is 4.22. The molecule has 0 N–H and O–H groups in total. The van der Waals surface area contributed by atoms with Gasteiger partial charge >= 0.3 is 0 Å². The average Bonchev–Trinajstić information content (AvgIpc) is 3.29. The summed E-state index contributed by atoms with van der Waals surface area (Å²) in [6.07, 6.45) is 0. The standard InChI is InChI=1S/C19H13N3OS3/c1-11-7-8-15(26-11)14-10-25-19-20-17-16(18(23)22(19)21-14)13(9-24-17)12-5-3-2-4-6-12/h2-9H,10H2,1H3. The van der Waals surface area contributed by atoms with Crippen LogP contribution in [0, 0.1) is 6.92 Å². The molecule has 4 nitrogen and oxygen atoms in total. The van der Waals surface area contributed by atoms with E-state index in [2.05, 4.69) is 24.2 Å². The van der Waals surface area contributed by atoms with E-state index < -0.39 is 0 Å². The second kappa shape index (κ2) is 6.19. The van der Waals surface area contributed by atoms with Crippen molar-refractivity contribution in [2.45, 2.75) is 12.1 Å². The average molecular weight is 396 g/mol. The lowest BCUT2D eigenvalue weighted by molar-refractivity contribution is 0.701. The highest BCUT2D eigenvalue weighted by Gasteiger charge is 2.22. The van der Waals surface area contributed by atoms with Gasteiger partial charge in [-0.3, -0.25) is 4.79 Å². The van der Waals surface area contributed by atoms with E-state index in [4.69, 9.17) is 4.98 Å². The van der Waals surface area contributed by atoms with Crippen LogP contribution in [0.2, 0.25) is 0 Å². The lowest BCUT2D eigenvalue weighted by Gasteiger charge is -2.14. The molecule has 0 atom stereocenters. The Kier molecular flexibility index (Phi) is 3.81. The quantitative estimate of drug-likeness (QED) is 0.456.